The Kier molecular flexibility index (Phi) is 7.46. The van der Waals surface area contributed by atoms with Crippen molar-refractivity contribution in [2.24, 2.45) is 0 Å². The van der Waals surface area contributed by atoms with Crippen LogP contribution in [0.25, 0.3) is 22.9 Å². The van der Waals surface area contributed by atoms with Crippen LogP contribution in [0, 0.1) is 0 Å². The molecule has 2 N–H and O–H groups in total. The minimum absolute atomic E-state index is 0.305. The van der Waals surface area contributed by atoms with Crippen molar-refractivity contribution in [2.45, 2.75) is 0 Å². The number of hydrogen-bond acceptors (Lipinski definition) is 4. The smallest absolute Gasteiger partial charge is 0.336 e. The Morgan fingerprint density at radius 2 is 1.37 bits per heavy atom. The molecule has 0 bridgehead atoms. The van der Waals surface area contributed by atoms with Crippen molar-refractivity contribution >= 4 is 40.7 Å². The Morgan fingerprint density at radius 3 is 2.23 bits per heavy atom. The molecule has 0 atom stereocenters. The number of ether oxygens (including phenoxy) is 1. The first-order chi connectivity index (χ1) is 17.1. The molecule has 35 heavy (non-hydrogen) atoms. The van der Waals surface area contributed by atoms with Gasteiger partial charge in [-0.15, -0.1) is 0 Å². The molecule has 2 amide bonds. The van der Waals surface area contributed by atoms with Gasteiger partial charge in [-0.05, 0) is 40.6 Å². The van der Waals surface area contributed by atoms with Crippen LogP contribution in [0.3, 0.4) is 0 Å². The van der Waals surface area contributed by atoms with Gasteiger partial charge >= 0.3 is 5.97 Å². The van der Waals surface area contributed by atoms with E-state index in [0.29, 0.717) is 16.9 Å². The van der Waals surface area contributed by atoms with E-state index in [1.807, 2.05) is 60.7 Å². The van der Waals surface area contributed by atoms with Crippen LogP contribution >= 0.6 is 0 Å². The van der Waals surface area contributed by atoms with Gasteiger partial charge in [0.15, 0.2) is 0 Å². The molecule has 0 aromatic heterocycles. The third-order valence-corrected chi connectivity index (χ3v) is 5.09. The lowest BCUT2D eigenvalue weighted by Gasteiger charge is -2.08. The van der Waals surface area contributed by atoms with Crippen LogP contribution in [0.2, 0.25) is 0 Å². The molecule has 172 valence electrons. The number of hydrazine groups is 1. The standard InChI is InChI=1S/C29H22N2O4/c32-27(30-31-29(34)25-15-8-13-22-11-4-6-14-24(22)25)19-18-23-12-5-7-16-26(23)35-28(33)20-17-21-9-2-1-3-10-21/h1-20H,(H,30,32)(H,31,34)/b19-18+,20-17+. The monoisotopic (exact) mass is 462 g/mol. The summed E-state index contributed by atoms with van der Waals surface area (Å²) in [6.07, 6.45) is 5.75. The van der Waals surface area contributed by atoms with E-state index >= 15 is 0 Å². The van der Waals surface area contributed by atoms with Gasteiger partial charge in [0, 0.05) is 23.3 Å². The molecule has 6 nitrogen and oxygen atoms in total. The maximum absolute atomic E-state index is 12.6. The van der Waals surface area contributed by atoms with Crippen molar-refractivity contribution in [3.05, 3.63) is 126 Å². The minimum atomic E-state index is -0.540. The SMILES string of the molecule is O=C(/C=C/c1ccccc1OC(=O)/C=C/c1ccccc1)NNC(=O)c1cccc2ccccc12. The highest BCUT2D eigenvalue weighted by Gasteiger charge is 2.10. The number of fused-ring (bicyclic) bond motifs is 1. The lowest BCUT2D eigenvalue weighted by atomic mass is 10.0. The van der Waals surface area contributed by atoms with Crippen molar-refractivity contribution in [2.75, 3.05) is 0 Å². The summed E-state index contributed by atoms with van der Waals surface area (Å²) >= 11 is 0. The third-order valence-electron chi connectivity index (χ3n) is 5.09. The molecular formula is C29H22N2O4. The van der Waals surface area contributed by atoms with Gasteiger partial charge in [0.25, 0.3) is 11.8 Å². The van der Waals surface area contributed by atoms with Crippen molar-refractivity contribution in [1.82, 2.24) is 10.9 Å². The molecule has 4 aromatic rings. The van der Waals surface area contributed by atoms with Crippen molar-refractivity contribution < 1.29 is 19.1 Å². The van der Waals surface area contributed by atoms with Gasteiger partial charge in [0.05, 0.1) is 0 Å². The Labute approximate surface area is 202 Å². The molecule has 0 aliphatic carbocycles. The lowest BCUT2D eigenvalue weighted by molar-refractivity contribution is -0.128. The molecule has 0 saturated carbocycles. The molecule has 0 saturated heterocycles. The van der Waals surface area contributed by atoms with E-state index in [2.05, 4.69) is 10.9 Å². The van der Waals surface area contributed by atoms with Crippen LogP contribution in [0.1, 0.15) is 21.5 Å². The van der Waals surface area contributed by atoms with Crippen LogP contribution in [-0.2, 0) is 9.59 Å². The van der Waals surface area contributed by atoms with E-state index in [1.165, 1.54) is 18.2 Å². The Balaban J connectivity index is 1.36. The van der Waals surface area contributed by atoms with Gasteiger partial charge in [0.1, 0.15) is 5.75 Å². The highest BCUT2D eigenvalue weighted by molar-refractivity contribution is 6.07. The molecule has 4 aromatic carbocycles. The van der Waals surface area contributed by atoms with Crippen LogP contribution < -0.4 is 15.6 Å². The fraction of sp³-hybridized carbons (Fsp3) is 0. The fourth-order valence-corrected chi connectivity index (χ4v) is 3.40. The van der Waals surface area contributed by atoms with E-state index in [1.54, 1.807) is 42.5 Å². The summed E-state index contributed by atoms with van der Waals surface area (Å²) in [7, 11) is 0. The number of benzene rings is 4. The summed E-state index contributed by atoms with van der Waals surface area (Å²) in [5, 5.41) is 1.71. The molecule has 6 heteroatoms. The first kappa shape index (κ1) is 23.2. The van der Waals surface area contributed by atoms with E-state index in [4.69, 9.17) is 4.74 Å². The number of hydrogen-bond donors (Lipinski definition) is 2. The Bertz CT molecular complexity index is 1420. The largest absolute Gasteiger partial charge is 0.423 e. The maximum atomic E-state index is 12.6. The number of nitrogens with one attached hydrogen (secondary N) is 2. The molecule has 0 fully saturated rings. The van der Waals surface area contributed by atoms with Crippen LogP contribution in [0.4, 0.5) is 0 Å². The fourth-order valence-electron chi connectivity index (χ4n) is 3.40. The average molecular weight is 463 g/mol. The van der Waals surface area contributed by atoms with Crippen molar-refractivity contribution in [3.8, 4) is 5.75 Å². The summed E-state index contributed by atoms with van der Waals surface area (Å²) in [4.78, 5) is 37.1. The van der Waals surface area contributed by atoms with Gasteiger partial charge in [-0.25, -0.2) is 4.79 Å². The quantitative estimate of drug-likeness (QED) is 0.184. The summed E-state index contributed by atoms with van der Waals surface area (Å²) in [6.45, 7) is 0. The van der Waals surface area contributed by atoms with Crippen molar-refractivity contribution in [3.63, 3.8) is 0 Å². The Hall–Kier alpha value is -4.97. The molecule has 0 aliphatic heterocycles. The zero-order valence-electron chi connectivity index (χ0n) is 18.7. The highest BCUT2D eigenvalue weighted by atomic mass is 16.5. The number of amides is 2. The zero-order chi connectivity index (χ0) is 24.5. The third kappa shape index (κ3) is 6.30. The molecule has 4 rings (SSSR count). The highest BCUT2D eigenvalue weighted by Crippen LogP contribution is 2.20. The second-order valence-electron chi connectivity index (χ2n) is 7.51. The molecule has 0 unspecified atom stereocenters. The molecule has 0 spiro atoms. The van der Waals surface area contributed by atoms with E-state index in [0.717, 1.165) is 16.3 Å². The van der Waals surface area contributed by atoms with Gasteiger partial charge in [-0.3, -0.25) is 20.4 Å². The number of esters is 1. The number of rotatable bonds is 6. The first-order valence-electron chi connectivity index (χ1n) is 10.9. The topological polar surface area (TPSA) is 84.5 Å². The number of carbonyl (C=O) groups is 3. The second kappa shape index (κ2) is 11.2. The Morgan fingerprint density at radius 1 is 0.657 bits per heavy atom. The van der Waals surface area contributed by atoms with Gasteiger partial charge < -0.3 is 4.74 Å². The van der Waals surface area contributed by atoms with Gasteiger partial charge in [0.2, 0.25) is 0 Å². The molecular weight excluding hydrogens is 440 g/mol. The summed E-state index contributed by atoms with van der Waals surface area (Å²) in [5.74, 6) is -1.20. The van der Waals surface area contributed by atoms with Gasteiger partial charge in [-0.1, -0.05) is 84.9 Å². The van der Waals surface area contributed by atoms with E-state index < -0.39 is 17.8 Å². The second-order valence-corrected chi connectivity index (χ2v) is 7.51. The van der Waals surface area contributed by atoms with Crippen LogP contribution in [0.15, 0.2) is 109 Å². The van der Waals surface area contributed by atoms with E-state index in [-0.39, 0.29) is 0 Å². The molecule has 0 radical (unpaired) electrons. The normalized spacial score (nSPS) is 11.0. The van der Waals surface area contributed by atoms with Gasteiger partial charge in [-0.2, -0.15) is 0 Å². The summed E-state index contributed by atoms with van der Waals surface area (Å²) in [5.41, 5.74) is 6.65. The first-order valence-corrected chi connectivity index (χ1v) is 10.9. The minimum Gasteiger partial charge on any atom is -0.423 e. The van der Waals surface area contributed by atoms with Crippen LogP contribution in [-0.4, -0.2) is 17.8 Å². The lowest BCUT2D eigenvalue weighted by Crippen LogP contribution is -2.40. The van der Waals surface area contributed by atoms with Crippen LogP contribution in [0.5, 0.6) is 5.75 Å². The molecule has 0 aliphatic rings. The molecule has 0 heterocycles. The van der Waals surface area contributed by atoms with Crippen molar-refractivity contribution in [1.29, 1.82) is 0 Å². The average Bonchev–Trinajstić information content (AvgIpc) is 2.90. The summed E-state index contributed by atoms with van der Waals surface area (Å²) < 4.78 is 5.42. The predicted octanol–water partition coefficient (Wildman–Crippen LogP) is 4.93. The zero-order valence-corrected chi connectivity index (χ0v) is 18.7. The maximum Gasteiger partial charge on any atom is 0.336 e. The summed E-state index contributed by atoms with van der Waals surface area (Å²) in [6, 6.07) is 29.1. The number of para-hydroxylation sites is 1. The van der Waals surface area contributed by atoms with E-state index in [9.17, 15) is 14.4 Å². The predicted molar refractivity (Wildman–Crippen MR) is 136 cm³/mol. The number of carbonyl (C=O) groups excluding carboxylic acids is 3.